The van der Waals surface area contributed by atoms with E-state index in [0.29, 0.717) is 51.1 Å². The summed E-state index contributed by atoms with van der Waals surface area (Å²) in [5.74, 6) is -0.0164. The molecule has 1 aromatic carbocycles. The molecule has 2 aliphatic rings. The number of hydrogen-bond acceptors (Lipinski definition) is 11. The van der Waals surface area contributed by atoms with E-state index in [-0.39, 0.29) is 36.7 Å². The number of aromatic nitrogens is 4. The lowest BCUT2D eigenvalue weighted by Gasteiger charge is -2.35. The van der Waals surface area contributed by atoms with Crippen LogP contribution in [0.5, 0.6) is 0 Å². The van der Waals surface area contributed by atoms with Gasteiger partial charge in [0.25, 0.3) is 0 Å². The van der Waals surface area contributed by atoms with Crippen LogP contribution in [0.1, 0.15) is 19.3 Å². The number of primary sulfonamides is 1. The summed E-state index contributed by atoms with van der Waals surface area (Å²) < 4.78 is 60.2. The van der Waals surface area contributed by atoms with Crippen molar-refractivity contribution in [2.45, 2.75) is 41.2 Å². The molecule has 2 aromatic rings. The number of rotatable bonds is 9. The smallest absolute Gasteiger partial charge is 0.242 e. The first-order valence-electron chi connectivity index (χ1n) is 10.8. The van der Waals surface area contributed by atoms with Crippen molar-refractivity contribution in [3.8, 4) is 11.4 Å². The van der Waals surface area contributed by atoms with E-state index in [4.69, 9.17) is 15.0 Å². The fourth-order valence-corrected chi connectivity index (χ4v) is 7.20. The first kappa shape index (κ1) is 24.9. The highest BCUT2D eigenvalue weighted by molar-refractivity contribution is 7.92. The largest absolute Gasteiger partial charge is 0.394 e. The first-order valence-corrected chi connectivity index (χ1v) is 13.9. The molecule has 1 aromatic heterocycles. The van der Waals surface area contributed by atoms with Gasteiger partial charge >= 0.3 is 0 Å². The molecule has 6 N–H and O–H groups in total. The summed E-state index contributed by atoms with van der Waals surface area (Å²) in [5, 5.41) is 31.1. The monoisotopic (exact) mass is 516 g/mol. The molecule has 0 bridgehead atoms. The molecule has 4 rings (SSSR count). The minimum Gasteiger partial charge on any atom is -0.394 e. The number of anilines is 1. The van der Waals surface area contributed by atoms with Gasteiger partial charge in [0.1, 0.15) is 9.79 Å². The van der Waals surface area contributed by atoms with E-state index in [2.05, 4.69) is 30.7 Å². The van der Waals surface area contributed by atoms with Gasteiger partial charge in [-0.1, -0.05) is 0 Å². The highest BCUT2D eigenvalue weighted by Crippen LogP contribution is 2.39. The van der Waals surface area contributed by atoms with Crippen molar-refractivity contribution < 1.29 is 26.7 Å². The topological polar surface area (TPSA) is 206 Å². The average Bonchev–Trinajstić information content (AvgIpc) is 3.50. The third-order valence-electron chi connectivity index (χ3n) is 5.87. The Hall–Kier alpha value is -2.21. The lowest BCUT2D eigenvalue weighted by molar-refractivity contribution is 0.0159. The number of aliphatic hydroxyl groups excluding tert-OH is 1. The molecule has 34 heavy (non-hydrogen) atoms. The van der Waals surface area contributed by atoms with Crippen LogP contribution in [0.25, 0.3) is 11.4 Å². The summed E-state index contributed by atoms with van der Waals surface area (Å²) in [4.78, 5) is 0.884. The lowest BCUT2D eigenvalue weighted by atomic mass is 10.0. The number of nitrogens with two attached hydrogens (primary N) is 1. The quantitative estimate of drug-likeness (QED) is 0.250. The van der Waals surface area contributed by atoms with E-state index in [9.17, 15) is 16.8 Å². The maximum absolute atomic E-state index is 13.2. The Morgan fingerprint density at radius 2 is 1.97 bits per heavy atom. The predicted molar refractivity (Wildman–Crippen MR) is 121 cm³/mol. The number of hydrogen-bond donors (Lipinski definition) is 5. The molecule has 1 atom stereocenters. The molecule has 0 amide bonds. The van der Waals surface area contributed by atoms with Gasteiger partial charge in [0.05, 0.1) is 24.9 Å². The zero-order valence-corrected chi connectivity index (χ0v) is 20.0. The Bertz CT molecular complexity index is 1190. The van der Waals surface area contributed by atoms with Gasteiger partial charge in [-0.3, -0.25) is 0 Å². The SMILES string of the molecule is NS(=O)(=O)c1c(S(=O)(=O)N[C@@H]2CCNC2)ccc(N2CCC(OCCO)CC2)c1-c1nnn[nH]1. The molecule has 3 heterocycles. The van der Waals surface area contributed by atoms with Gasteiger partial charge in [0.15, 0.2) is 5.82 Å². The molecule has 0 radical (unpaired) electrons. The Labute approximate surface area is 197 Å². The minimum absolute atomic E-state index is 0.00496. The molecule has 16 heteroatoms. The van der Waals surface area contributed by atoms with Gasteiger partial charge in [-0.05, 0) is 48.4 Å². The van der Waals surface area contributed by atoms with E-state index < -0.39 is 29.8 Å². The van der Waals surface area contributed by atoms with Gasteiger partial charge in [0.2, 0.25) is 20.0 Å². The highest BCUT2D eigenvalue weighted by Gasteiger charge is 2.35. The van der Waals surface area contributed by atoms with Gasteiger partial charge in [-0.25, -0.2) is 31.8 Å². The fraction of sp³-hybridized carbons (Fsp3) is 0.611. The van der Waals surface area contributed by atoms with E-state index in [1.165, 1.54) is 6.07 Å². The van der Waals surface area contributed by atoms with Crippen LogP contribution in [0.3, 0.4) is 0 Å². The molecule has 2 saturated heterocycles. The maximum Gasteiger partial charge on any atom is 0.242 e. The summed E-state index contributed by atoms with van der Waals surface area (Å²) in [6, 6.07) is 2.43. The number of nitrogens with one attached hydrogen (secondary N) is 3. The summed E-state index contributed by atoms with van der Waals surface area (Å²) in [6.45, 7) is 2.28. The minimum atomic E-state index is -4.52. The summed E-state index contributed by atoms with van der Waals surface area (Å²) in [6.07, 6.45) is 1.80. The molecule has 0 aliphatic carbocycles. The predicted octanol–water partition coefficient (Wildman–Crippen LogP) is -1.87. The second kappa shape index (κ2) is 10.2. The Balaban J connectivity index is 1.78. The standard InChI is InChI=1S/C18H28N8O6S2/c19-33(28,29)17-15(34(30,31)23-12-3-6-20-11-12)2-1-14(16(17)18-21-24-25-22-18)26-7-4-13(5-8-26)32-10-9-27/h1-2,12-13,20,23,27H,3-11H2,(H2,19,28,29)(H,21,22,24,25)/t12-/m1/s1. The van der Waals surface area contributed by atoms with Gasteiger partial charge in [-0.15, -0.1) is 5.10 Å². The maximum atomic E-state index is 13.2. The second-order valence-corrected chi connectivity index (χ2v) is 11.4. The Kier molecular flexibility index (Phi) is 7.46. The van der Waals surface area contributed by atoms with Crippen LogP contribution in [0.4, 0.5) is 5.69 Å². The first-order chi connectivity index (χ1) is 16.2. The molecule has 2 fully saturated rings. The molecule has 2 aliphatic heterocycles. The molecular weight excluding hydrogens is 488 g/mol. The van der Waals surface area contributed by atoms with Crippen molar-refractivity contribution >= 4 is 25.7 Å². The van der Waals surface area contributed by atoms with Crippen LogP contribution >= 0.6 is 0 Å². The molecule has 14 nitrogen and oxygen atoms in total. The Morgan fingerprint density at radius 1 is 1.21 bits per heavy atom. The van der Waals surface area contributed by atoms with Crippen LogP contribution in [-0.2, 0) is 24.8 Å². The average molecular weight is 517 g/mol. The van der Waals surface area contributed by atoms with E-state index in [1.807, 2.05) is 4.90 Å². The van der Waals surface area contributed by atoms with Crippen LogP contribution < -0.4 is 20.1 Å². The molecule has 0 spiro atoms. The van der Waals surface area contributed by atoms with Crippen molar-refractivity contribution in [2.75, 3.05) is 44.3 Å². The number of H-pyrrole nitrogens is 1. The van der Waals surface area contributed by atoms with E-state index in [1.54, 1.807) is 6.07 Å². The van der Waals surface area contributed by atoms with Gasteiger partial charge < -0.3 is 20.1 Å². The third kappa shape index (κ3) is 5.37. The van der Waals surface area contributed by atoms with Crippen LogP contribution in [0.2, 0.25) is 0 Å². The lowest BCUT2D eigenvalue weighted by Crippen LogP contribution is -2.39. The summed E-state index contributed by atoms with van der Waals surface area (Å²) in [5.41, 5.74) is 0.430. The fourth-order valence-electron chi connectivity index (χ4n) is 4.33. The van der Waals surface area contributed by atoms with Crippen molar-refractivity contribution in [3.63, 3.8) is 0 Å². The zero-order chi connectivity index (χ0) is 24.3. The zero-order valence-electron chi connectivity index (χ0n) is 18.3. The van der Waals surface area contributed by atoms with Crippen LogP contribution in [0, 0.1) is 0 Å². The van der Waals surface area contributed by atoms with Crippen molar-refractivity contribution in [2.24, 2.45) is 5.14 Å². The summed E-state index contributed by atoms with van der Waals surface area (Å²) in [7, 11) is -8.75. The number of piperidine rings is 1. The van der Waals surface area contributed by atoms with Crippen molar-refractivity contribution in [1.82, 2.24) is 30.7 Å². The number of aliphatic hydroxyl groups is 1. The number of tetrazole rings is 1. The van der Waals surface area contributed by atoms with E-state index in [0.717, 1.165) is 0 Å². The second-order valence-electron chi connectivity index (χ2n) is 8.17. The number of benzene rings is 1. The Morgan fingerprint density at radius 3 is 2.56 bits per heavy atom. The molecular formula is C18H28N8O6S2. The van der Waals surface area contributed by atoms with Gasteiger partial charge in [-0.2, -0.15) is 0 Å². The number of ether oxygens (including phenoxy) is 1. The van der Waals surface area contributed by atoms with Gasteiger partial charge in [0, 0.05) is 31.4 Å². The number of aromatic amines is 1. The highest BCUT2D eigenvalue weighted by atomic mass is 32.2. The van der Waals surface area contributed by atoms with Crippen LogP contribution in [-0.4, -0.2) is 94.1 Å². The van der Waals surface area contributed by atoms with Crippen molar-refractivity contribution in [3.05, 3.63) is 12.1 Å². The molecule has 188 valence electrons. The van der Waals surface area contributed by atoms with Crippen molar-refractivity contribution in [1.29, 1.82) is 0 Å². The van der Waals surface area contributed by atoms with Crippen LogP contribution in [0.15, 0.2) is 21.9 Å². The summed E-state index contributed by atoms with van der Waals surface area (Å²) >= 11 is 0. The molecule has 0 unspecified atom stereocenters. The molecule has 0 saturated carbocycles. The normalized spacial score (nSPS) is 20.2. The third-order valence-corrected chi connectivity index (χ3v) is 8.55. The number of nitrogens with zero attached hydrogens (tertiary/aromatic N) is 4. The van der Waals surface area contributed by atoms with E-state index >= 15 is 0 Å². The number of sulfonamides is 2.